The van der Waals surface area contributed by atoms with Crippen molar-refractivity contribution in [3.63, 3.8) is 0 Å². The van der Waals surface area contributed by atoms with Crippen LogP contribution in [0.2, 0.25) is 0 Å². The Morgan fingerprint density at radius 2 is 1.93 bits per heavy atom. The van der Waals surface area contributed by atoms with Crippen molar-refractivity contribution in [3.8, 4) is 0 Å². The zero-order valence-electron chi connectivity index (χ0n) is 15.2. The van der Waals surface area contributed by atoms with E-state index in [-0.39, 0.29) is 12.3 Å². The first-order valence-electron chi connectivity index (χ1n) is 8.84. The van der Waals surface area contributed by atoms with Gasteiger partial charge in [-0.3, -0.25) is 4.79 Å². The van der Waals surface area contributed by atoms with Crippen molar-refractivity contribution in [2.24, 2.45) is 0 Å². The van der Waals surface area contributed by atoms with Gasteiger partial charge in [-0.25, -0.2) is 8.42 Å². The first-order chi connectivity index (χ1) is 13.3. The molecule has 0 spiro atoms. The lowest BCUT2D eigenvalue weighted by Gasteiger charge is -2.33. The summed E-state index contributed by atoms with van der Waals surface area (Å²) in [4.78, 5) is 14.4. The van der Waals surface area contributed by atoms with Crippen molar-refractivity contribution >= 4 is 54.2 Å². The molecule has 1 aromatic carbocycles. The van der Waals surface area contributed by atoms with E-state index in [4.69, 9.17) is 4.42 Å². The number of aryl methyl sites for hydroxylation is 1. The van der Waals surface area contributed by atoms with Crippen LogP contribution in [0.3, 0.4) is 0 Å². The molecule has 9 heteroatoms. The molecular formula is C19H19BrN2O4S2. The molecule has 2 aromatic heterocycles. The SMILES string of the molecule is Cc1ccc2c(CC(=O)N3CCN(S(=O)(=O)c4ccc(Br)s4)CC3)coc2c1. The number of nitrogens with zero attached hydrogens (tertiary/aromatic N) is 2. The molecule has 3 aromatic rings. The van der Waals surface area contributed by atoms with Crippen molar-refractivity contribution in [1.82, 2.24) is 9.21 Å². The number of piperazine rings is 1. The second-order valence-corrected chi connectivity index (χ2v) is 11.4. The minimum absolute atomic E-state index is 0.0146. The smallest absolute Gasteiger partial charge is 0.252 e. The average molecular weight is 483 g/mol. The van der Waals surface area contributed by atoms with E-state index in [0.717, 1.165) is 25.9 Å². The zero-order valence-corrected chi connectivity index (χ0v) is 18.4. The third-order valence-electron chi connectivity index (χ3n) is 4.89. The summed E-state index contributed by atoms with van der Waals surface area (Å²) in [5, 5.41) is 0.948. The van der Waals surface area contributed by atoms with Gasteiger partial charge in [0.1, 0.15) is 9.79 Å². The molecule has 3 heterocycles. The molecule has 1 aliphatic rings. The van der Waals surface area contributed by atoms with E-state index in [0.29, 0.717) is 30.4 Å². The number of carbonyl (C=O) groups is 1. The molecule has 0 saturated carbocycles. The molecule has 1 aliphatic heterocycles. The van der Waals surface area contributed by atoms with Crippen molar-refractivity contribution < 1.29 is 17.6 Å². The molecule has 1 amide bonds. The van der Waals surface area contributed by atoms with E-state index in [1.807, 2.05) is 25.1 Å². The molecule has 0 aliphatic carbocycles. The van der Waals surface area contributed by atoms with Crippen LogP contribution < -0.4 is 0 Å². The van der Waals surface area contributed by atoms with Gasteiger partial charge < -0.3 is 9.32 Å². The first kappa shape index (κ1) is 19.6. The number of thiophene rings is 1. The maximum Gasteiger partial charge on any atom is 0.252 e. The molecule has 0 radical (unpaired) electrons. The monoisotopic (exact) mass is 482 g/mol. The Kier molecular flexibility index (Phi) is 5.34. The van der Waals surface area contributed by atoms with E-state index in [9.17, 15) is 13.2 Å². The summed E-state index contributed by atoms with van der Waals surface area (Å²) in [6.07, 6.45) is 1.89. The number of benzene rings is 1. The van der Waals surface area contributed by atoms with Crippen molar-refractivity contribution in [1.29, 1.82) is 0 Å². The fraction of sp³-hybridized carbons (Fsp3) is 0.316. The minimum Gasteiger partial charge on any atom is -0.464 e. The van der Waals surface area contributed by atoms with Crippen LogP contribution in [0, 0.1) is 6.92 Å². The number of hydrogen-bond donors (Lipinski definition) is 0. The lowest BCUT2D eigenvalue weighted by Crippen LogP contribution is -2.50. The Bertz CT molecular complexity index is 1130. The minimum atomic E-state index is -3.50. The van der Waals surface area contributed by atoms with Gasteiger partial charge in [0.25, 0.3) is 10.0 Å². The molecule has 148 valence electrons. The summed E-state index contributed by atoms with van der Waals surface area (Å²) < 4.78 is 33.5. The van der Waals surface area contributed by atoms with Crippen LogP contribution in [0.5, 0.6) is 0 Å². The first-order valence-corrected chi connectivity index (χ1v) is 11.9. The maximum atomic E-state index is 12.7. The highest BCUT2D eigenvalue weighted by molar-refractivity contribution is 9.11. The van der Waals surface area contributed by atoms with Gasteiger partial charge in [-0.1, -0.05) is 12.1 Å². The topological polar surface area (TPSA) is 70.8 Å². The van der Waals surface area contributed by atoms with Gasteiger partial charge in [-0.2, -0.15) is 4.31 Å². The highest BCUT2D eigenvalue weighted by Gasteiger charge is 2.31. The van der Waals surface area contributed by atoms with E-state index >= 15 is 0 Å². The highest BCUT2D eigenvalue weighted by atomic mass is 79.9. The number of fused-ring (bicyclic) bond motifs is 1. The third-order valence-corrected chi connectivity index (χ3v) is 8.88. The second-order valence-electron chi connectivity index (χ2n) is 6.78. The van der Waals surface area contributed by atoms with Crippen molar-refractivity contribution in [3.05, 3.63) is 51.5 Å². The molecule has 28 heavy (non-hydrogen) atoms. The number of carbonyl (C=O) groups excluding carboxylic acids is 1. The normalized spacial score (nSPS) is 16.0. The van der Waals surface area contributed by atoms with Crippen molar-refractivity contribution in [2.45, 2.75) is 17.6 Å². The quantitative estimate of drug-likeness (QED) is 0.568. The largest absolute Gasteiger partial charge is 0.464 e. The number of rotatable bonds is 4. The number of hydrogen-bond acceptors (Lipinski definition) is 5. The van der Waals surface area contributed by atoms with Crippen LogP contribution in [0.4, 0.5) is 0 Å². The molecule has 0 unspecified atom stereocenters. The highest BCUT2D eigenvalue weighted by Crippen LogP contribution is 2.29. The standard InChI is InChI=1S/C19H19BrN2O4S2/c1-13-2-3-15-14(12-26-16(15)10-13)11-18(23)21-6-8-22(9-7-21)28(24,25)19-5-4-17(20)27-19/h2-5,10,12H,6-9,11H2,1H3. The van der Waals surface area contributed by atoms with Crippen LogP contribution in [0.1, 0.15) is 11.1 Å². The van der Waals surface area contributed by atoms with E-state index in [1.54, 1.807) is 23.3 Å². The molecule has 1 saturated heterocycles. The van der Waals surface area contributed by atoms with Crippen LogP contribution >= 0.6 is 27.3 Å². The predicted octanol–water partition coefficient (Wildman–Crippen LogP) is 3.64. The number of sulfonamides is 1. The van der Waals surface area contributed by atoms with Gasteiger partial charge in [0, 0.05) is 37.1 Å². The van der Waals surface area contributed by atoms with Gasteiger partial charge in [-0.15, -0.1) is 11.3 Å². The van der Waals surface area contributed by atoms with E-state index < -0.39 is 10.0 Å². The Balaban J connectivity index is 1.41. The predicted molar refractivity (Wildman–Crippen MR) is 112 cm³/mol. The zero-order chi connectivity index (χ0) is 19.9. The molecule has 6 nitrogen and oxygen atoms in total. The Labute approximate surface area is 175 Å². The van der Waals surface area contributed by atoms with Crippen LogP contribution in [-0.4, -0.2) is 49.7 Å². The van der Waals surface area contributed by atoms with Crippen LogP contribution in [0.15, 0.2) is 49.0 Å². The Hall–Kier alpha value is -1.68. The van der Waals surface area contributed by atoms with Gasteiger partial charge in [0.05, 0.1) is 16.5 Å². The maximum absolute atomic E-state index is 12.7. The van der Waals surface area contributed by atoms with Crippen LogP contribution in [-0.2, 0) is 21.2 Å². The molecule has 0 atom stereocenters. The van der Waals surface area contributed by atoms with Gasteiger partial charge in [0.2, 0.25) is 5.91 Å². The lowest BCUT2D eigenvalue weighted by molar-refractivity contribution is -0.131. The third kappa shape index (κ3) is 3.76. The number of amides is 1. The Morgan fingerprint density at radius 3 is 2.61 bits per heavy atom. The van der Waals surface area contributed by atoms with Crippen molar-refractivity contribution in [2.75, 3.05) is 26.2 Å². The van der Waals surface area contributed by atoms with Crippen LogP contribution in [0.25, 0.3) is 11.0 Å². The fourth-order valence-corrected chi connectivity index (χ4v) is 6.93. The molecule has 0 N–H and O–H groups in total. The summed E-state index contributed by atoms with van der Waals surface area (Å²) >= 11 is 4.50. The van der Waals surface area contributed by atoms with Gasteiger partial charge >= 0.3 is 0 Å². The summed E-state index contributed by atoms with van der Waals surface area (Å²) in [5.74, 6) is -0.0146. The van der Waals surface area contributed by atoms with E-state index in [2.05, 4.69) is 15.9 Å². The summed E-state index contributed by atoms with van der Waals surface area (Å²) in [6.45, 7) is 3.37. The Morgan fingerprint density at radius 1 is 1.18 bits per heavy atom. The van der Waals surface area contributed by atoms with Gasteiger partial charge in [0.15, 0.2) is 0 Å². The molecule has 1 fully saturated rings. The fourth-order valence-electron chi connectivity index (χ4n) is 3.34. The molecule has 4 rings (SSSR count). The lowest BCUT2D eigenvalue weighted by atomic mass is 10.1. The number of furan rings is 1. The second kappa shape index (κ2) is 7.62. The van der Waals surface area contributed by atoms with E-state index in [1.165, 1.54) is 15.6 Å². The van der Waals surface area contributed by atoms with Gasteiger partial charge in [-0.05, 0) is 46.6 Å². The molecule has 0 bridgehead atoms. The summed E-state index contributed by atoms with van der Waals surface area (Å²) in [5.41, 5.74) is 2.74. The summed E-state index contributed by atoms with van der Waals surface area (Å²) in [7, 11) is -3.50. The number of halogens is 1. The summed E-state index contributed by atoms with van der Waals surface area (Å²) in [6, 6.07) is 9.26. The average Bonchev–Trinajstić information content (AvgIpc) is 3.28. The molecular weight excluding hydrogens is 464 g/mol.